The van der Waals surface area contributed by atoms with Crippen LogP contribution in [0.5, 0.6) is 5.75 Å². The van der Waals surface area contributed by atoms with Crippen LogP contribution in [0.3, 0.4) is 0 Å². The van der Waals surface area contributed by atoms with E-state index in [-0.39, 0.29) is 24.4 Å². The fourth-order valence-electron chi connectivity index (χ4n) is 3.52. The fourth-order valence-corrected chi connectivity index (χ4v) is 3.52. The molecule has 1 heterocycles. The molecule has 30 heavy (non-hydrogen) atoms. The van der Waals surface area contributed by atoms with Gasteiger partial charge in [-0.15, -0.1) is 0 Å². The van der Waals surface area contributed by atoms with E-state index in [9.17, 15) is 9.59 Å². The van der Waals surface area contributed by atoms with Crippen molar-refractivity contribution in [1.82, 2.24) is 10.2 Å². The molecule has 0 unspecified atom stereocenters. The minimum absolute atomic E-state index is 0.0144. The minimum atomic E-state index is -0.781. The molecule has 2 aromatic rings. The third-order valence-electron chi connectivity index (χ3n) is 5.28. The highest BCUT2D eigenvalue weighted by Crippen LogP contribution is 2.26. The Balaban J connectivity index is 1.59. The molecule has 0 aliphatic carbocycles. The zero-order valence-corrected chi connectivity index (χ0v) is 18.0. The summed E-state index contributed by atoms with van der Waals surface area (Å²) in [6.07, 6.45) is 1.72. The Morgan fingerprint density at radius 1 is 1.13 bits per heavy atom. The van der Waals surface area contributed by atoms with Crippen LogP contribution in [0.4, 0.5) is 0 Å². The van der Waals surface area contributed by atoms with Crippen molar-refractivity contribution in [2.75, 3.05) is 13.7 Å². The van der Waals surface area contributed by atoms with Crippen LogP contribution in [0.1, 0.15) is 38.3 Å². The van der Waals surface area contributed by atoms with E-state index in [4.69, 9.17) is 4.74 Å². The van der Waals surface area contributed by atoms with E-state index in [0.29, 0.717) is 17.0 Å². The van der Waals surface area contributed by atoms with Crippen LogP contribution in [0.25, 0.3) is 0 Å². The number of aryl methyl sites for hydroxylation is 1. The summed E-state index contributed by atoms with van der Waals surface area (Å²) in [6, 6.07) is 17.4. The molecular weight excluding hydrogens is 378 g/mol. The molecule has 0 aromatic heterocycles. The molecule has 0 spiro atoms. The molecule has 158 valence electrons. The number of carbonyl (C=O) groups excluding carboxylic acids is 2. The predicted octanol–water partition coefficient (Wildman–Crippen LogP) is 3.20. The van der Waals surface area contributed by atoms with E-state index in [1.165, 1.54) is 10.5 Å². The summed E-state index contributed by atoms with van der Waals surface area (Å²) in [4.78, 5) is 31.7. The van der Waals surface area contributed by atoms with Crippen LogP contribution in [-0.2, 0) is 16.0 Å². The summed E-state index contributed by atoms with van der Waals surface area (Å²) < 4.78 is 5.17. The number of hydrogen-bond acceptors (Lipinski definition) is 4. The fraction of sp³-hybridized carbons (Fsp3) is 0.375. The average molecular weight is 408 g/mol. The Morgan fingerprint density at radius 3 is 2.43 bits per heavy atom. The summed E-state index contributed by atoms with van der Waals surface area (Å²) in [5, 5.41) is 3.00. The third kappa shape index (κ3) is 5.06. The van der Waals surface area contributed by atoms with E-state index in [1.54, 1.807) is 31.4 Å². The smallest absolute Gasteiger partial charge is 0.275 e. The third-order valence-corrected chi connectivity index (χ3v) is 5.28. The van der Waals surface area contributed by atoms with Crippen LogP contribution in [0, 0.1) is 0 Å². The van der Waals surface area contributed by atoms with Gasteiger partial charge in [0.1, 0.15) is 23.7 Å². The molecule has 1 atom stereocenters. The number of nitrogens with zero attached hydrogens (tertiary/aromatic N) is 2. The number of benzene rings is 2. The number of carbonyl (C=O) groups is 2. The number of ether oxygens (including phenoxy) is 1. The maximum atomic E-state index is 13.0. The van der Waals surface area contributed by atoms with Crippen molar-refractivity contribution in [2.24, 2.45) is 4.99 Å². The Bertz CT molecular complexity index is 920. The Labute approximate surface area is 178 Å². The molecule has 0 bridgehead atoms. The standard InChI is InChI=1S/C24H29N3O3/c1-17(10-11-18-8-6-5-7-9-18)25-21(28)16-27-23(29)22(26-24(27,2)3)19-12-14-20(30-4)15-13-19/h5-9,12-15,17H,10-11,16H2,1-4H3,(H,25,28)/t17-/m1/s1. The van der Waals surface area contributed by atoms with Gasteiger partial charge in [-0.05, 0) is 63.4 Å². The SMILES string of the molecule is COc1ccc(C2=NC(C)(C)N(CC(=O)N[C@H](C)CCc3ccccc3)C2=O)cc1. The lowest BCUT2D eigenvalue weighted by Crippen LogP contribution is -2.49. The van der Waals surface area contributed by atoms with Gasteiger partial charge in [-0.1, -0.05) is 30.3 Å². The van der Waals surface area contributed by atoms with E-state index in [0.717, 1.165) is 12.8 Å². The first kappa shape index (κ1) is 21.6. The van der Waals surface area contributed by atoms with E-state index in [2.05, 4.69) is 22.4 Å². The first-order valence-electron chi connectivity index (χ1n) is 10.2. The molecule has 1 N–H and O–H groups in total. The number of methoxy groups -OCH3 is 1. The highest BCUT2D eigenvalue weighted by molar-refractivity contribution is 6.47. The second-order valence-electron chi connectivity index (χ2n) is 8.07. The topological polar surface area (TPSA) is 71.0 Å². The van der Waals surface area contributed by atoms with E-state index >= 15 is 0 Å². The molecule has 1 aliphatic rings. The molecule has 3 rings (SSSR count). The number of amides is 2. The van der Waals surface area contributed by atoms with Gasteiger partial charge in [0.05, 0.1) is 7.11 Å². The first-order chi connectivity index (χ1) is 14.3. The normalized spacial score (nSPS) is 16.2. The second-order valence-corrected chi connectivity index (χ2v) is 8.07. The molecule has 0 radical (unpaired) electrons. The highest BCUT2D eigenvalue weighted by atomic mass is 16.5. The predicted molar refractivity (Wildman–Crippen MR) is 118 cm³/mol. The number of rotatable bonds is 8. The average Bonchev–Trinajstić information content (AvgIpc) is 2.96. The highest BCUT2D eigenvalue weighted by Gasteiger charge is 2.41. The second kappa shape index (κ2) is 9.11. The van der Waals surface area contributed by atoms with Gasteiger partial charge in [-0.3, -0.25) is 14.6 Å². The monoisotopic (exact) mass is 407 g/mol. The maximum absolute atomic E-state index is 13.0. The van der Waals surface area contributed by atoms with Crippen molar-refractivity contribution >= 4 is 17.5 Å². The maximum Gasteiger partial charge on any atom is 0.275 e. The van der Waals surface area contributed by atoms with Crippen molar-refractivity contribution in [3.05, 3.63) is 65.7 Å². The van der Waals surface area contributed by atoms with Gasteiger partial charge in [0.15, 0.2) is 0 Å². The van der Waals surface area contributed by atoms with E-state index < -0.39 is 5.66 Å². The quantitative estimate of drug-likeness (QED) is 0.731. The van der Waals surface area contributed by atoms with Gasteiger partial charge < -0.3 is 15.0 Å². The molecule has 6 nitrogen and oxygen atoms in total. The van der Waals surface area contributed by atoms with Crippen LogP contribution in [0.2, 0.25) is 0 Å². The lowest BCUT2D eigenvalue weighted by atomic mass is 10.1. The van der Waals surface area contributed by atoms with Crippen LogP contribution in [0.15, 0.2) is 59.6 Å². The summed E-state index contributed by atoms with van der Waals surface area (Å²) in [6.45, 7) is 5.64. The van der Waals surface area contributed by atoms with Crippen LogP contribution in [-0.4, -0.2) is 47.8 Å². The minimum Gasteiger partial charge on any atom is -0.497 e. The van der Waals surface area contributed by atoms with Gasteiger partial charge in [-0.2, -0.15) is 0 Å². The number of hydrogen-bond donors (Lipinski definition) is 1. The van der Waals surface area contributed by atoms with Gasteiger partial charge in [0.2, 0.25) is 5.91 Å². The molecule has 0 fully saturated rings. The lowest BCUT2D eigenvalue weighted by molar-refractivity contribution is -0.134. The Morgan fingerprint density at radius 2 is 1.80 bits per heavy atom. The molecular formula is C24H29N3O3. The largest absolute Gasteiger partial charge is 0.497 e. The van der Waals surface area contributed by atoms with Crippen molar-refractivity contribution in [3.8, 4) is 5.75 Å². The van der Waals surface area contributed by atoms with Crippen LogP contribution >= 0.6 is 0 Å². The molecule has 6 heteroatoms. The molecule has 1 aliphatic heterocycles. The molecule has 0 saturated carbocycles. The van der Waals surface area contributed by atoms with Crippen molar-refractivity contribution < 1.29 is 14.3 Å². The van der Waals surface area contributed by atoms with Gasteiger partial charge in [0, 0.05) is 11.6 Å². The zero-order chi connectivity index (χ0) is 21.7. The summed E-state index contributed by atoms with van der Waals surface area (Å²) in [5.74, 6) is 0.296. The first-order valence-corrected chi connectivity index (χ1v) is 10.2. The van der Waals surface area contributed by atoms with Crippen molar-refractivity contribution in [2.45, 2.75) is 45.3 Å². The summed E-state index contributed by atoms with van der Waals surface area (Å²) in [7, 11) is 1.59. The molecule has 2 amide bonds. The van der Waals surface area contributed by atoms with Gasteiger partial charge >= 0.3 is 0 Å². The van der Waals surface area contributed by atoms with E-state index in [1.807, 2.05) is 39.0 Å². The number of aliphatic imine (C=N–C) groups is 1. The molecule has 2 aromatic carbocycles. The van der Waals surface area contributed by atoms with Crippen LogP contribution < -0.4 is 10.1 Å². The van der Waals surface area contributed by atoms with Crippen molar-refractivity contribution in [1.29, 1.82) is 0 Å². The van der Waals surface area contributed by atoms with Crippen molar-refractivity contribution in [3.63, 3.8) is 0 Å². The summed E-state index contributed by atoms with van der Waals surface area (Å²) >= 11 is 0. The summed E-state index contributed by atoms with van der Waals surface area (Å²) in [5.41, 5.74) is 1.55. The lowest BCUT2D eigenvalue weighted by Gasteiger charge is -2.29. The van der Waals surface area contributed by atoms with Gasteiger partial charge in [-0.25, -0.2) is 0 Å². The van der Waals surface area contributed by atoms with Gasteiger partial charge in [0.25, 0.3) is 5.91 Å². The Hall–Kier alpha value is -3.15. The zero-order valence-electron chi connectivity index (χ0n) is 18.0. The Kier molecular flexibility index (Phi) is 6.55. The molecule has 0 saturated heterocycles. The number of nitrogens with one attached hydrogen (secondary N) is 1.